The molecule has 1 heterocycles. The second kappa shape index (κ2) is 4.96. The van der Waals surface area contributed by atoms with Crippen molar-refractivity contribution in [2.75, 3.05) is 13.6 Å². The standard InChI is InChI=1S/C13H15NO2/c1-14-9-12(15)13-11(7-8-16-13)10-5-3-2-4-6-10/h2-8,12,14-15H,9H2,1H3/t12-/m0/s1. The summed E-state index contributed by atoms with van der Waals surface area (Å²) in [4.78, 5) is 0. The Labute approximate surface area is 94.7 Å². The van der Waals surface area contributed by atoms with Gasteiger partial charge < -0.3 is 14.8 Å². The molecule has 3 heteroatoms. The third-order valence-electron chi connectivity index (χ3n) is 2.48. The van der Waals surface area contributed by atoms with Gasteiger partial charge in [-0.2, -0.15) is 0 Å². The van der Waals surface area contributed by atoms with E-state index in [9.17, 15) is 5.11 Å². The molecule has 0 bridgehead atoms. The van der Waals surface area contributed by atoms with Gasteiger partial charge in [0.05, 0.1) is 6.26 Å². The van der Waals surface area contributed by atoms with Gasteiger partial charge in [-0.3, -0.25) is 0 Å². The largest absolute Gasteiger partial charge is 0.466 e. The summed E-state index contributed by atoms with van der Waals surface area (Å²) in [6, 6.07) is 11.8. The van der Waals surface area contributed by atoms with Crippen LogP contribution in [-0.4, -0.2) is 18.7 Å². The molecule has 0 fully saturated rings. The highest BCUT2D eigenvalue weighted by Gasteiger charge is 2.16. The first-order valence-corrected chi connectivity index (χ1v) is 5.28. The maximum absolute atomic E-state index is 9.90. The summed E-state index contributed by atoms with van der Waals surface area (Å²) in [6.45, 7) is 0.480. The Hall–Kier alpha value is -1.58. The van der Waals surface area contributed by atoms with E-state index in [1.807, 2.05) is 36.4 Å². The number of furan rings is 1. The molecule has 84 valence electrons. The van der Waals surface area contributed by atoms with Crippen molar-refractivity contribution in [3.05, 3.63) is 48.4 Å². The van der Waals surface area contributed by atoms with E-state index < -0.39 is 6.10 Å². The molecule has 0 spiro atoms. The van der Waals surface area contributed by atoms with Crippen LogP contribution in [0.4, 0.5) is 0 Å². The van der Waals surface area contributed by atoms with Crippen molar-refractivity contribution in [3.63, 3.8) is 0 Å². The molecule has 0 unspecified atom stereocenters. The maximum Gasteiger partial charge on any atom is 0.141 e. The van der Waals surface area contributed by atoms with E-state index in [-0.39, 0.29) is 0 Å². The Kier molecular flexibility index (Phi) is 3.39. The van der Waals surface area contributed by atoms with Crippen molar-refractivity contribution in [2.24, 2.45) is 0 Å². The second-order valence-corrected chi connectivity index (χ2v) is 3.64. The molecule has 0 amide bonds. The van der Waals surface area contributed by atoms with Gasteiger partial charge in [0.1, 0.15) is 11.9 Å². The van der Waals surface area contributed by atoms with Crippen LogP contribution in [0.1, 0.15) is 11.9 Å². The van der Waals surface area contributed by atoms with E-state index in [4.69, 9.17) is 4.42 Å². The predicted molar refractivity (Wildman–Crippen MR) is 63.0 cm³/mol. The minimum absolute atomic E-state index is 0.480. The topological polar surface area (TPSA) is 45.4 Å². The maximum atomic E-state index is 9.90. The molecule has 0 radical (unpaired) electrons. The van der Waals surface area contributed by atoms with Crippen molar-refractivity contribution in [3.8, 4) is 11.1 Å². The number of benzene rings is 1. The van der Waals surface area contributed by atoms with Gasteiger partial charge in [0.25, 0.3) is 0 Å². The molecule has 0 aliphatic carbocycles. The highest BCUT2D eigenvalue weighted by Crippen LogP contribution is 2.28. The predicted octanol–water partition coefficient (Wildman–Crippen LogP) is 2.20. The normalized spacial score (nSPS) is 12.6. The summed E-state index contributed by atoms with van der Waals surface area (Å²) in [5.74, 6) is 0.612. The minimum Gasteiger partial charge on any atom is -0.466 e. The number of likely N-dealkylation sites (N-methyl/N-ethyl adjacent to an activating group) is 1. The van der Waals surface area contributed by atoms with Gasteiger partial charge in [0.15, 0.2) is 0 Å². The lowest BCUT2D eigenvalue weighted by Crippen LogP contribution is -2.16. The van der Waals surface area contributed by atoms with Crippen molar-refractivity contribution in [1.82, 2.24) is 5.32 Å². The van der Waals surface area contributed by atoms with E-state index in [2.05, 4.69) is 5.32 Å². The summed E-state index contributed by atoms with van der Waals surface area (Å²) in [5, 5.41) is 12.8. The smallest absolute Gasteiger partial charge is 0.141 e. The van der Waals surface area contributed by atoms with E-state index >= 15 is 0 Å². The number of aliphatic hydroxyl groups excluding tert-OH is 1. The van der Waals surface area contributed by atoms with Gasteiger partial charge in [-0.05, 0) is 18.7 Å². The van der Waals surface area contributed by atoms with Crippen LogP contribution in [0.15, 0.2) is 47.1 Å². The third-order valence-corrected chi connectivity index (χ3v) is 2.48. The summed E-state index contributed by atoms with van der Waals surface area (Å²) >= 11 is 0. The minimum atomic E-state index is -0.616. The van der Waals surface area contributed by atoms with Gasteiger partial charge in [-0.1, -0.05) is 30.3 Å². The lowest BCUT2D eigenvalue weighted by atomic mass is 10.0. The van der Waals surface area contributed by atoms with Crippen molar-refractivity contribution in [2.45, 2.75) is 6.10 Å². The van der Waals surface area contributed by atoms with Gasteiger partial charge in [0, 0.05) is 12.1 Å². The highest BCUT2D eigenvalue weighted by molar-refractivity contribution is 5.65. The average Bonchev–Trinajstić information content (AvgIpc) is 2.79. The first-order valence-electron chi connectivity index (χ1n) is 5.28. The quantitative estimate of drug-likeness (QED) is 0.825. The van der Waals surface area contributed by atoms with E-state index in [1.165, 1.54) is 0 Å². The molecule has 0 aliphatic heterocycles. The molecule has 1 aromatic heterocycles. The molecule has 2 N–H and O–H groups in total. The van der Waals surface area contributed by atoms with Crippen LogP contribution in [0.25, 0.3) is 11.1 Å². The summed E-state index contributed by atoms with van der Waals surface area (Å²) in [5.41, 5.74) is 2.00. The van der Waals surface area contributed by atoms with Crippen LogP contribution in [0.5, 0.6) is 0 Å². The summed E-state index contributed by atoms with van der Waals surface area (Å²) in [7, 11) is 1.80. The van der Waals surface area contributed by atoms with Crippen LogP contribution in [0.3, 0.4) is 0 Å². The molecule has 2 rings (SSSR count). The Morgan fingerprint density at radius 2 is 2.00 bits per heavy atom. The molecule has 3 nitrogen and oxygen atoms in total. The zero-order valence-electron chi connectivity index (χ0n) is 9.18. The Morgan fingerprint density at radius 1 is 1.25 bits per heavy atom. The summed E-state index contributed by atoms with van der Waals surface area (Å²) < 4.78 is 5.34. The van der Waals surface area contributed by atoms with Gasteiger partial charge in [-0.15, -0.1) is 0 Å². The Bertz CT molecular complexity index is 436. The van der Waals surface area contributed by atoms with Crippen LogP contribution in [0, 0.1) is 0 Å². The lowest BCUT2D eigenvalue weighted by molar-refractivity contribution is 0.151. The average molecular weight is 217 g/mol. The SMILES string of the molecule is CNC[C@H](O)c1occc1-c1ccccc1. The Balaban J connectivity index is 2.33. The van der Waals surface area contributed by atoms with Gasteiger partial charge in [-0.25, -0.2) is 0 Å². The van der Waals surface area contributed by atoms with Crippen molar-refractivity contribution >= 4 is 0 Å². The first kappa shape index (κ1) is 10.9. The summed E-state index contributed by atoms with van der Waals surface area (Å²) in [6.07, 6.45) is 0.992. The fourth-order valence-electron chi connectivity index (χ4n) is 1.72. The molecule has 1 aromatic carbocycles. The molecule has 16 heavy (non-hydrogen) atoms. The lowest BCUT2D eigenvalue weighted by Gasteiger charge is -2.09. The van der Waals surface area contributed by atoms with E-state index in [1.54, 1.807) is 13.3 Å². The second-order valence-electron chi connectivity index (χ2n) is 3.64. The van der Waals surface area contributed by atoms with Crippen molar-refractivity contribution < 1.29 is 9.52 Å². The highest BCUT2D eigenvalue weighted by atomic mass is 16.4. The number of nitrogens with one attached hydrogen (secondary N) is 1. The number of hydrogen-bond acceptors (Lipinski definition) is 3. The number of rotatable bonds is 4. The van der Waals surface area contributed by atoms with Crippen LogP contribution < -0.4 is 5.32 Å². The first-order chi connectivity index (χ1) is 7.83. The van der Waals surface area contributed by atoms with Crippen LogP contribution >= 0.6 is 0 Å². The van der Waals surface area contributed by atoms with Gasteiger partial charge in [0.2, 0.25) is 0 Å². The zero-order chi connectivity index (χ0) is 11.4. The van der Waals surface area contributed by atoms with Gasteiger partial charge >= 0.3 is 0 Å². The third kappa shape index (κ3) is 2.15. The fraction of sp³-hybridized carbons (Fsp3) is 0.231. The molecule has 0 aliphatic rings. The molecular weight excluding hydrogens is 202 g/mol. The molecule has 1 atom stereocenters. The number of aliphatic hydroxyl groups is 1. The van der Waals surface area contributed by atoms with Crippen LogP contribution in [-0.2, 0) is 0 Å². The van der Waals surface area contributed by atoms with E-state index in [0.29, 0.717) is 12.3 Å². The Morgan fingerprint density at radius 3 is 2.69 bits per heavy atom. The molecule has 0 saturated carbocycles. The van der Waals surface area contributed by atoms with Crippen LogP contribution in [0.2, 0.25) is 0 Å². The number of hydrogen-bond donors (Lipinski definition) is 2. The molecular formula is C13H15NO2. The van der Waals surface area contributed by atoms with Crippen molar-refractivity contribution in [1.29, 1.82) is 0 Å². The zero-order valence-corrected chi connectivity index (χ0v) is 9.18. The monoisotopic (exact) mass is 217 g/mol. The van der Waals surface area contributed by atoms with E-state index in [0.717, 1.165) is 11.1 Å². The fourth-order valence-corrected chi connectivity index (χ4v) is 1.72. The molecule has 0 saturated heterocycles. The molecule has 2 aromatic rings.